The lowest BCUT2D eigenvalue weighted by Crippen LogP contribution is -1.95. The highest BCUT2D eigenvalue weighted by molar-refractivity contribution is 5.34. The van der Waals surface area contributed by atoms with Crippen LogP contribution in [0, 0.1) is 20.0 Å². The van der Waals surface area contributed by atoms with Crippen molar-refractivity contribution in [3.63, 3.8) is 0 Å². The van der Waals surface area contributed by atoms with Crippen LogP contribution in [0.4, 0.5) is 0 Å². The molecular weight excluding hydrogens is 160 g/mol. The van der Waals surface area contributed by atoms with E-state index >= 15 is 0 Å². The lowest BCUT2D eigenvalue weighted by molar-refractivity contribution is 0.856. The Hall–Kier alpha value is -1.57. The van der Waals surface area contributed by atoms with E-state index in [-0.39, 0.29) is 0 Å². The topological polar surface area (TPSA) is 17.8 Å². The summed E-state index contributed by atoms with van der Waals surface area (Å²) >= 11 is 0. The average Bonchev–Trinajstić information content (AvgIpc) is 2.52. The number of aryl methyl sites for hydroxylation is 2. The molecule has 0 N–H and O–H groups in total. The zero-order valence-electron chi connectivity index (χ0n) is 7.78. The first kappa shape index (κ1) is 8.05. The maximum atomic E-state index is 4.28. The van der Waals surface area contributed by atoms with Crippen LogP contribution in [0.15, 0.2) is 30.3 Å². The van der Waals surface area contributed by atoms with E-state index in [4.69, 9.17) is 0 Å². The fourth-order valence-corrected chi connectivity index (χ4v) is 1.26. The van der Waals surface area contributed by atoms with Gasteiger partial charge < -0.3 is 0 Å². The number of rotatable bonds is 1. The Labute approximate surface area is 77.8 Å². The van der Waals surface area contributed by atoms with E-state index in [0.29, 0.717) is 0 Å². The van der Waals surface area contributed by atoms with Crippen molar-refractivity contribution >= 4 is 0 Å². The fraction of sp³-hybridized carbons (Fsp3) is 0.182. The van der Waals surface area contributed by atoms with Gasteiger partial charge in [0.1, 0.15) is 0 Å². The van der Waals surface area contributed by atoms with Gasteiger partial charge in [-0.2, -0.15) is 5.10 Å². The molecule has 1 heterocycles. The molecule has 0 unspecified atom stereocenters. The Bertz CT molecular complexity index is 416. The third kappa shape index (κ3) is 1.61. The summed E-state index contributed by atoms with van der Waals surface area (Å²) in [6, 6.07) is 10.1. The minimum absolute atomic E-state index is 0.988. The molecule has 0 aliphatic rings. The predicted octanol–water partition coefficient (Wildman–Crippen LogP) is 2.29. The molecule has 0 fully saturated rings. The summed E-state index contributed by atoms with van der Waals surface area (Å²) in [5.74, 6) is 0. The molecule has 0 aliphatic heterocycles. The molecule has 2 nitrogen and oxygen atoms in total. The summed E-state index contributed by atoms with van der Waals surface area (Å²) in [6.45, 7) is 4.03. The van der Waals surface area contributed by atoms with E-state index in [2.05, 4.69) is 30.4 Å². The van der Waals surface area contributed by atoms with E-state index in [9.17, 15) is 0 Å². The van der Waals surface area contributed by atoms with Crippen LogP contribution in [-0.2, 0) is 0 Å². The van der Waals surface area contributed by atoms with Gasteiger partial charge in [0, 0.05) is 0 Å². The molecule has 1 radical (unpaired) electrons. The van der Waals surface area contributed by atoms with Crippen LogP contribution in [0.1, 0.15) is 11.3 Å². The third-order valence-electron chi connectivity index (χ3n) is 1.90. The van der Waals surface area contributed by atoms with E-state index in [1.807, 2.05) is 25.1 Å². The van der Waals surface area contributed by atoms with Gasteiger partial charge in [-0.15, -0.1) is 0 Å². The Morgan fingerprint density at radius 2 is 2.15 bits per heavy atom. The van der Waals surface area contributed by atoms with Gasteiger partial charge in [0.15, 0.2) is 0 Å². The molecule has 0 spiro atoms. The lowest BCUT2D eigenvalue weighted by Gasteiger charge is -2.00. The fourth-order valence-electron chi connectivity index (χ4n) is 1.26. The zero-order valence-corrected chi connectivity index (χ0v) is 7.78. The van der Waals surface area contributed by atoms with Crippen LogP contribution in [0.5, 0.6) is 0 Å². The van der Waals surface area contributed by atoms with Crippen molar-refractivity contribution in [3.8, 4) is 5.69 Å². The maximum absolute atomic E-state index is 4.28. The normalized spacial score (nSPS) is 10.3. The van der Waals surface area contributed by atoms with Gasteiger partial charge in [-0.1, -0.05) is 12.1 Å². The summed E-state index contributed by atoms with van der Waals surface area (Å²) in [5.41, 5.74) is 3.29. The second-order valence-electron chi connectivity index (χ2n) is 3.17. The standard InChI is InChI=1S/C11H11N2/c1-9-4-3-5-11(8-9)13-7-6-10(2)12-13/h3-6,8H,1-2H3. The number of hydrogen-bond acceptors (Lipinski definition) is 1. The van der Waals surface area contributed by atoms with Crippen LogP contribution in [0.25, 0.3) is 5.69 Å². The quantitative estimate of drug-likeness (QED) is 0.643. The zero-order chi connectivity index (χ0) is 9.26. The minimum Gasteiger partial charge on any atom is -0.231 e. The predicted molar refractivity (Wildman–Crippen MR) is 51.9 cm³/mol. The van der Waals surface area contributed by atoms with Crippen LogP contribution in [-0.4, -0.2) is 9.78 Å². The first-order valence-electron chi connectivity index (χ1n) is 4.27. The number of hydrogen-bond donors (Lipinski definition) is 0. The molecule has 2 rings (SSSR count). The van der Waals surface area contributed by atoms with Crippen molar-refractivity contribution in [2.24, 2.45) is 0 Å². The second-order valence-corrected chi connectivity index (χ2v) is 3.17. The van der Waals surface area contributed by atoms with E-state index in [1.165, 1.54) is 5.56 Å². The summed E-state index contributed by atoms with van der Waals surface area (Å²) in [6.07, 6.45) is 3.05. The molecule has 0 bridgehead atoms. The van der Waals surface area contributed by atoms with Gasteiger partial charge in [0.25, 0.3) is 0 Å². The molecule has 2 aromatic rings. The molecule has 1 aromatic heterocycles. The summed E-state index contributed by atoms with van der Waals surface area (Å²) < 4.78 is 1.77. The SMILES string of the molecule is Cc1cccc(-n2[c]cc(C)n2)c1. The van der Waals surface area contributed by atoms with Crippen LogP contribution < -0.4 is 0 Å². The van der Waals surface area contributed by atoms with Crippen molar-refractivity contribution in [2.75, 3.05) is 0 Å². The smallest absolute Gasteiger partial charge is 0.0929 e. The monoisotopic (exact) mass is 171 g/mol. The molecular formula is C11H11N2. The van der Waals surface area contributed by atoms with Crippen molar-refractivity contribution in [3.05, 3.63) is 47.8 Å². The van der Waals surface area contributed by atoms with Gasteiger partial charge in [0.05, 0.1) is 17.6 Å². The minimum atomic E-state index is 0.988. The van der Waals surface area contributed by atoms with Crippen molar-refractivity contribution in [1.82, 2.24) is 9.78 Å². The van der Waals surface area contributed by atoms with Gasteiger partial charge >= 0.3 is 0 Å². The molecule has 0 atom stereocenters. The molecule has 0 aliphatic carbocycles. The molecule has 0 amide bonds. The van der Waals surface area contributed by atoms with Crippen molar-refractivity contribution in [2.45, 2.75) is 13.8 Å². The molecule has 0 saturated carbocycles. The van der Waals surface area contributed by atoms with Crippen LogP contribution in [0.3, 0.4) is 0 Å². The Balaban J connectivity index is 2.46. The first-order valence-corrected chi connectivity index (χ1v) is 4.27. The molecule has 65 valence electrons. The van der Waals surface area contributed by atoms with E-state index in [0.717, 1.165) is 11.4 Å². The summed E-state index contributed by atoms with van der Waals surface area (Å²) in [4.78, 5) is 0. The second kappa shape index (κ2) is 3.05. The highest BCUT2D eigenvalue weighted by Crippen LogP contribution is 2.08. The maximum Gasteiger partial charge on any atom is 0.0929 e. The Kier molecular flexibility index (Phi) is 1.89. The lowest BCUT2D eigenvalue weighted by atomic mass is 10.2. The number of nitrogens with zero attached hydrogens (tertiary/aromatic N) is 2. The van der Waals surface area contributed by atoms with Gasteiger partial charge in [-0.25, -0.2) is 4.68 Å². The summed E-state index contributed by atoms with van der Waals surface area (Å²) in [5, 5.41) is 4.28. The highest BCUT2D eigenvalue weighted by Gasteiger charge is 1.97. The van der Waals surface area contributed by atoms with E-state index in [1.54, 1.807) is 4.68 Å². The molecule has 13 heavy (non-hydrogen) atoms. The van der Waals surface area contributed by atoms with Gasteiger partial charge in [-0.3, -0.25) is 0 Å². The molecule has 1 aromatic carbocycles. The van der Waals surface area contributed by atoms with Crippen LogP contribution >= 0.6 is 0 Å². The largest absolute Gasteiger partial charge is 0.231 e. The first-order chi connectivity index (χ1) is 6.25. The van der Waals surface area contributed by atoms with Crippen molar-refractivity contribution in [1.29, 1.82) is 0 Å². The Morgan fingerprint density at radius 3 is 2.77 bits per heavy atom. The number of benzene rings is 1. The molecule has 0 saturated heterocycles. The van der Waals surface area contributed by atoms with Gasteiger partial charge in [-0.05, 0) is 37.6 Å². The van der Waals surface area contributed by atoms with Gasteiger partial charge in [0.2, 0.25) is 0 Å². The highest BCUT2D eigenvalue weighted by atomic mass is 15.3. The average molecular weight is 171 g/mol. The van der Waals surface area contributed by atoms with E-state index < -0.39 is 0 Å². The van der Waals surface area contributed by atoms with Crippen molar-refractivity contribution < 1.29 is 0 Å². The van der Waals surface area contributed by atoms with Crippen LogP contribution in [0.2, 0.25) is 0 Å². The Morgan fingerprint density at radius 1 is 1.31 bits per heavy atom. The molecule has 2 heteroatoms. The number of aromatic nitrogens is 2. The summed E-state index contributed by atoms with van der Waals surface area (Å²) in [7, 11) is 0. The third-order valence-corrected chi connectivity index (χ3v) is 1.90.